The summed E-state index contributed by atoms with van der Waals surface area (Å²) in [6, 6.07) is 16.4. The molecule has 1 fully saturated rings. The van der Waals surface area contributed by atoms with Gasteiger partial charge in [0.2, 0.25) is 21.7 Å². The summed E-state index contributed by atoms with van der Waals surface area (Å²) in [5.74, 6) is 0.777. The molecule has 8 heteroatoms. The van der Waals surface area contributed by atoms with Crippen molar-refractivity contribution in [3.8, 4) is 11.4 Å². The molecule has 0 spiro atoms. The maximum atomic E-state index is 12.8. The number of aromatic nitrogens is 2. The van der Waals surface area contributed by atoms with Crippen molar-refractivity contribution >= 4 is 32.0 Å². The Hall–Kier alpha value is -2.29. The number of hydrogen-bond donors (Lipinski definition) is 0. The maximum absolute atomic E-state index is 12.8. The number of hydrogen-bond acceptors (Lipinski definition) is 5. The lowest BCUT2D eigenvalue weighted by atomic mass is 10.2. The molecule has 144 valence electrons. The normalized spacial score (nSPS) is 18.1. The van der Waals surface area contributed by atoms with Gasteiger partial charge in [-0.05, 0) is 48.7 Å². The molecule has 0 saturated carbocycles. The number of halogens is 1. The fourth-order valence-electron chi connectivity index (χ4n) is 3.19. The van der Waals surface area contributed by atoms with Gasteiger partial charge in [-0.15, -0.1) is 0 Å². The summed E-state index contributed by atoms with van der Waals surface area (Å²) < 4.78 is 33.5. The molecule has 1 unspecified atom stereocenters. The zero-order valence-electron chi connectivity index (χ0n) is 14.9. The molecule has 3 aromatic rings. The minimum Gasteiger partial charge on any atom is -0.337 e. The SMILES string of the molecule is O=S(=O)(/C=C/c1ccccc1)N1CCCC1c1nc(-c2ccc(Br)cc2)no1. The second-order valence-electron chi connectivity index (χ2n) is 6.49. The lowest BCUT2D eigenvalue weighted by Crippen LogP contribution is -2.29. The number of sulfonamides is 1. The standard InChI is InChI=1S/C20H18BrN3O3S/c21-17-10-8-16(9-11-17)19-22-20(27-23-19)18-7-4-13-24(18)28(25,26)14-12-15-5-2-1-3-6-15/h1-3,5-6,8-12,14,18H,4,7,13H2/b14-12+. The molecule has 0 radical (unpaired) electrons. The fraction of sp³-hybridized carbons (Fsp3) is 0.200. The van der Waals surface area contributed by atoms with Crippen LogP contribution in [-0.4, -0.2) is 29.4 Å². The molecular weight excluding hydrogens is 442 g/mol. The van der Waals surface area contributed by atoms with Gasteiger partial charge in [-0.25, -0.2) is 8.42 Å². The Balaban J connectivity index is 1.57. The van der Waals surface area contributed by atoms with E-state index in [1.807, 2.05) is 54.6 Å². The van der Waals surface area contributed by atoms with Crippen molar-refractivity contribution in [1.29, 1.82) is 0 Å². The van der Waals surface area contributed by atoms with E-state index in [4.69, 9.17) is 4.52 Å². The summed E-state index contributed by atoms with van der Waals surface area (Å²) >= 11 is 3.39. The van der Waals surface area contributed by atoms with Gasteiger partial charge in [0.25, 0.3) is 0 Å². The van der Waals surface area contributed by atoms with Crippen molar-refractivity contribution in [3.63, 3.8) is 0 Å². The van der Waals surface area contributed by atoms with Crippen LogP contribution in [0, 0.1) is 0 Å². The summed E-state index contributed by atoms with van der Waals surface area (Å²) in [5, 5.41) is 5.27. The summed E-state index contributed by atoms with van der Waals surface area (Å²) in [4.78, 5) is 4.45. The van der Waals surface area contributed by atoms with Crippen LogP contribution >= 0.6 is 15.9 Å². The Kier molecular flexibility index (Phi) is 5.43. The molecular formula is C20H18BrN3O3S. The monoisotopic (exact) mass is 459 g/mol. The zero-order chi connectivity index (χ0) is 19.6. The van der Waals surface area contributed by atoms with E-state index in [9.17, 15) is 8.42 Å². The fourth-order valence-corrected chi connectivity index (χ4v) is 4.87. The molecule has 1 saturated heterocycles. The molecule has 0 bridgehead atoms. The predicted molar refractivity (Wildman–Crippen MR) is 111 cm³/mol. The van der Waals surface area contributed by atoms with Crippen LogP contribution in [0.1, 0.15) is 30.3 Å². The highest BCUT2D eigenvalue weighted by atomic mass is 79.9. The van der Waals surface area contributed by atoms with Gasteiger partial charge in [-0.3, -0.25) is 0 Å². The average molecular weight is 460 g/mol. The first-order chi connectivity index (χ1) is 13.5. The van der Waals surface area contributed by atoms with Gasteiger partial charge in [-0.1, -0.05) is 51.4 Å². The van der Waals surface area contributed by atoms with Crippen molar-refractivity contribution in [1.82, 2.24) is 14.4 Å². The van der Waals surface area contributed by atoms with Gasteiger partial charge in [0.1, 0.15) is 6.04 Å². The third-order valence-electron chi connectivity index (χ3n) is 4.59. The van der Waals surface area contributed by atoms with Crippen LogP contribution in [0.2, 0.25) is 0 Å². The van der Waals surface area contributed by atoms with Crippen molar-refractivity contribution < 1.29 is 12.9 Å². The van der Waals surface area contributed by atoms with E-state index in [2.05, 4.69) is 26.1 Å². The van der Waals surface area contributed by atoms with Crippen LogP contribution in [0.5, 0.6) is 0 Å². The molecule has 0 amide bonds. The highest BCUT2D eigenvalue weighted by Crippen LogP contribution is 2.35. The maximum Gasteiger partial charge on any atom is 0.245 e. The minimum atomic E-state index is -3.60. The van der Waals surface area contributed by atoms with E-state index in [1.54, 1.807) is 6.08 Å². The molecule has 1 aliphatic rings. The zero-order valence-corrected chi connectivity index (χ0v) is 17.3. The van der Waals surface area contributed by atoms with E-state index in [-0.39, 0.29) is 0 Å². The Morgan fingerprint density at radius 1 is 1.11 bits per heavy atom. The second-order valence-corrected chi connectivity index (χ2v) is 9.18. The van der Waals surface area contributed by atoms with Gasteiger partial charge >= 0.3 is 0 Å². The third-order valence-corrected chi connectivity index (χ3v) is 6.69. The molecule has 1 aliphatic heterocycles. The second kappa shape index (κ2) is 7.98. The van der Waals surface area contributed by atoms with E-state index < -0.39 is 16.1 Å². The summed E-state index contributed by atoms with van der Waals surface area (Å²) in [5.41, 5.74) is 1.65. The van der Waals surface area contributed by atoms with Crippen molar-refractivity contribution in [2.45, 2.75) is 18.9 Å². The molecule has 2 aromatic carbocycles. The first-order valence-corrected chi connectivity index (χ1v) is 11.2. The summed E-state index contributed by atoms with van der Waals surface area (Å²) in [6.07, 6.45) is 3.01. The molecule has 4 rings (SSSR count). The number of rotatable bonds is 5. The van der Waals surface area contributed by atoms with Crippen LogP contribution in [0.15, 0.2) is 69.0 Å². The van der Waals surface area contributed by atoms with Gasteiger partial charge in [0.15, 0.2) is 0 Å². The van der Waals surface area contributed by atoms with Crippen LogP contribution in [-0.2, 0) is 10.0 Å². The highest BCUT2D eigenvalue weighted by Gasteiger charge is 2.37. The smallest absolute Gasteiger partial charge is 0.245 e. The van der Waals surface area contributed by atoms with Crippen LogP contribution in [0.25, 0.3) is 17.5 Å². The molecule has 1 aromatic heterocycles. The molecule has 1 atom stereocenters. The molecule has 0 aliphatic carbocycles. The third kappa shape index (κ3) is 4.09. The largest absolute Gasteiger partial charge is 0.337 e. The quantitative estimate of drug-likeness (QED) is 0.555. The molecule has 6 nitrogen and oxygen atoms in total. The Morgan fingerprint density at radius 3 is 2.61 bits per heavy atom. The topological polar surface area (TPSA) is 76.3 Å². The van der Waals surface area contributed by atoms with Crippen molar-refractivity contribution in [2.24, 2.45) is 0 Å². The minimum absolute atomic E-state index is 0.326. The van der Waals surface area contributed by atoms with Crippen molar-refractivity contribution in [3.05, 3.63) is 75.9 Å². The van der Waals surface area contributed by atoms with Crippen LogP contribution < -0.4 is 0 Å². The van der Waals surface area contributed by atoms with E-state index in [0.29, 0.717) is 24.7 Å². The Morgan fingerprint density at radius 2 is 1.86 bits per heavy atom. The molecule has 28 heavy (non-hydrogen) atoms. The van der Waals surface area contributed by atoms with E-state index in [0.717, 1.165) is 22.0 Å². The van der Waals surface area contributed by atoms with E-state index in [1.165, 1.54) is 9.71 Å². The van der Waals surface area contributed by atoms with Gasteiger partial charge < -0.3 is 4.52 Å². The Bertz CT molecular complexity index is 1080. The first-order valence-electron chi connectivity index (χ1n) is 8.87. The summed E-state index contributed by atoms with van der Waals surface area (Å²) in [6.45, 7) is 0.433. The molecule has 0 N–H and O–H groups in total. The average Bonchev–Trinajstić information content (AvgIpc) is 3.37. The van der Waals surface area contributed by atoms with Crippen molar-refractivity contribution in [2.75, 3.05) is 6.54 Å². The van der Waals surface area contributed by atoms with Crippen LogP contribution in [0.4, 0.5) is 0 Å². The lowest BCUT2D eigenvalue weighted by Gasteiger charge is -2.19. The molecule has 2 heterocycles. The predicted octanol–water partition coefficient (Wildman–Crippen LogP) is 4.64. The Labute approximate surface area is 172 Å². The van der Waals surface area contributed by atoms with Gasteiger partial charge in [0, 0.05) is 22.0 Å². The van der Waals surface area contributed by atoms with E-state index >= 15 is 0 Å². The highest BCUT2D eigenvalue weighted by molar-refractivity contribution is 9.10. The first kappa shape index (κ1) is 19.0. The lowest BCUT2D eigenvalue weighted by molar-refractivity contribution is 0.292. The van der Waals surface area contributed by atoms with Gasteiger partial charge in [0.05, 0.1) is 0 Å². The van der Waals surface area contributed by atoms with Gasteiger partial charge in [-0.2, -0.15) is 9.29 Å². The summed E-state index contributed by atoms with van der Waals surface area (Å²) in [7, 11) is -3.60. The van der Waals surface area contributed by atoms with Crippen LogP contribution in [0.3, 0.4) is 0 Å². The number of benzene rings is 2. The number of nitrogens with zero attached hydrogens (tertiary/aromatic N) is 3.